The molecule has 2 aromatic carbocycles. The maximum Gasteiger partial charge on any atom is 0.152 e. The molecule has 1 N–H and O–H groups in total. The molecule has 9 heteroatoms. The van der Waals surface area contributed by atoms with E-state index >= 15 is 0 Å². The SMILES string of the molecule is Cc1nnc2n1-c1ccc(-c3cnn(CCO)c3)cc1N(c1ccc(C#N)cc1)C[C@H]2I. The monoisotopic (exact) mass is 537 g/mol. The van der Waals surface area contributed by atoms with Crippen molar-refractivity contribution < 1.29 is 5.11 Å². The number of nitriles is 1. The summed E-state index contributed by atoms with van der Waals surface area (Å²) in [6.45, 7) is 3.19. The number of benzene rings is 2. The van der Waals surface area contributed by atoms with E-state index in [2.05, 4.69) is 71.6 Å². The van der Waals surface area contributed by atoms with Crippen molar-refractivity contribution in [2.75, 3.05) is 18.1 Å². The summed E-state index contributed by atoms with van der Waals surface area (Å²) in [5, 5.41) is 31.5. The van der Waals surface area contributed by atoms with Crippen LogP contribution in [0.1, 0.15) is 21.1 Å². The fraction of sp³-hybridized carbons (Fsp3) is 0.217. The quantitative estimate of drug-likeness (QED) is 0.313. The third-order valence-corrected chi connectivity index (χ3v) is 6.53. The second-order valence-electron chi connectivity index (χ2n) is 7.60. The Morgan fingerprint density at radius 2 is 1.94 bits per heavy atom. The van der Waals surface area contributed by atoms with Crippen LogP contribution in [0.15, 0.2) is 54.9 Å². The van der Waals surface area contributed by atoms with Crippen molar-refractivity contribution in [1.29, 1.82) is 5.26 Å². The van der Waals surface area contributed by atoms with Crippen molar-refractivity contribution in [2.45, 2.75) is 17.4 Å². The topological polar surface area (TPSA) is 95.8 Å². The smallest absolute Gasteiger partial charge is 0.152 e. The van der Waals surface area contributed by atoms with Crippen LogP contribution in [0.3, 0.4) is 0 Å². The molecule has 1 aliphatic rings. The van der Waals surface area contributed by atoms with Crippen LogP contribution in [0, 0.1) is 18.3 Å². The summed E-state index contributed by atoms with van der Waals surface area (Å²) in [5.41, 5.74) is 5.70. The number of aliphatic hydroxyl groups is 1. The van der Waals surface area contributed by atoms with Gasteiger partial charge in [0, 0.05) is 24.0 Å². The van der Waals surface area contributed by atoms with Crippen LogP contribution in [0.2, 0.25) is 0 Å². The fourth-order valence-corrected chi connectivity index (χ4v) is 4.82. The fourth-order valence-electron chi connectivity index (χ4n) is 4.03. The summed E-state index contributed by atoms with van der Waals surface area (Å²) >= 11 is 2.42. The lowest BCUT2D eigenvalue weighted by atomic mass is 10.1. The van der Waals surface area contributed by atoms with Crippen molar-refractivity contribution in [3.8, 4) is 22.9 Å². The van der Waals surface area contributed by atoms with Crippen LogP contribution in [0.5, 0.6) is 0 Å². The van der Waals surface area contributed by atoms with Gasteiger partial charge < -0.3 is 10.0 Å². The Bertz CT molecular complexity index is 1320. The van der Waals surface area contributed by atoms with Crippen LogP contribution in [0.4, 0.5) is 11.4 Å². The number of aliphatic hydroxyl groups excluding tert-OH is 1. The molecule has 3 heterocycles. The Balaban J connectivity index is 1.68. The molecule has 0 radical (unpaired) electrons. The molecule has 0 fully saturated rings. The Morgan fingerprint density at radius 3 is 2.69 bits per heavy atom. The molecule has 0 saturated carbocycles. The normalized spacial score (nSPS) is 15.1. The zero-order valence-corrected chi connectivity index (χ0v) is 19.5. The van der Waals surface area contributed by atoms with Gasteiger partial charge >= 0.3 is 0 Å². The lowest BCUT2D eigenvalue weighted by Crippen LogP contribution is -2.20. The first-order valence-corrected chi connectivity index (χ1v) is 11.5. The summed E-state index contributed by atoms with van der Waals surface area (Å²) in [6, 6.07) is 16.2. The van der Waals surface area contributed by atoms with Crippen molar-refractivity contribution in [2.24, 2.45) is 0 Å². The molecule has 2 aromatic heterocycles. The maximum absolute atomic E-state index is 9.21. The van der Waals surface area contributed by atoms with E-state index in [1.807, 2.05) is 43.6 Å². The molecule has 0 amide bonds. The maximum atomic E-state index is 9.21. The summed E-state index contributed by atoms with van der Waals surface area (Å²) in [4.78, 5) is 2.27. The number of hydrogen-bond donors (Lipinski definition) is 1. The van der Waals surface area contributed by atoms with E-state index in [9.17, 15) is 10.4 Å². The van der Waals surface area contributed by atoms with Gasteiger partial charge in [-0.05, 0) is 48.9 Å². The molecule has 0 aliphatic carbocycles. The number of alkyl halides is 1. The minimum absolute atomic E-state index is 0.0461. The van der Waals surface area contributed by atoms with Crippen LogP contribution in [-0.4, -0.2) is 42.8 Å². The number of hydrogen-bond acceptors (Lipinski definition) is 6. The molecule has 4 aromatic rings. The Kier molecular flexibility index (Phi) is 5.40. The van der Waals surface area contributed by atoms with E-state index in [-0.39, 0.29) is 10.5 Å². The highest BCUT2D eigenvalue weighted by Crippen LogP contribution is 2.42. The van der Waals surface area contributed by atoms with Gasteiger partial charge in [0.25, 0.3) is 0 Å². The highest BCUT2D eigenvalue weighted by Gasteiger charge is 2.29. The van der Waals surface area contributed by atoms with Gasteiger partial charge in [-0.25, -0.2) is 0 Å². The average Bonchev–Trinajstić information content (AvgIpc) is 3.41. The zero-order valence-electron chi connectivity index (χ0n) is 17.4. The number of nitrogens with zero attached hydrogens (tertiary/aromatic N) is 7. The molecule has 0 saturated heterocycles. The van der Waals surface area contributed by atoms with E-state index < -0.39 is 0 Å². The van der Waals surface area contributed by atoms with Gasteiger partial charge in [0.2, 0.25) is 0 Å². The molecule has 160 valence electrons. The van der Waals surface area contributed by atoms with Gasteiger partial charge in [-0.3, -0.25) is 9.25 Å². The standard InChI is InChI=1S/C23H20IN7O/c1-15-27-28-23-20(24)14-30(19-5-2-16(11-25)3-6-19)22-10-17(4-7-21(22)31(15)23)18-12-26-29(13-18)8-9-32/h2-7,10,12-13,20,32H,8-9,14H2,1H3/t20-/m1/s1. The average molecular weight is 537 g/mol. The predicted molar refractivity (Wildman–Crippen MR) is 129 cm³/mol. The third-order valence-electron chi connectivity index (χ3n) is 5.58. The largest absolute Gasteiger partial charge is 0.394 e. The minimum atomic E-state index is 0.0461. The first-order chi connectivity index (χ1) is 15.6. The lowest BCUT2D eigenvalue weighted by Gasteiger charge is -2.26. The predicted octanol–water partition coefficient (Wildman–Crippen LogP) is 3.93. The molecule has 1 atom stereocenters. The first-order valence-electron chi connectivity index (χ1n) is 10.2. The van der Waals surface area contributed by atoms with Crippen molar-refractivity contribution in [3.63, 3.8) is 0 Å². The molecular weight excluding hydrogens is 517 g/mol. The molecule has 0 bridgehead atoms. The molecule has 0 unspecified atom stereocenters. The number of aromatic nitrogens is 5. The molecule has 32 heavy (non-hydrogen) atoms. The summed E-state index contributed by atoms with van der Waals surface area (Å²) < 4.78 is 3.98. The van der Waals surface area contributed by atoms with Gasteiger partial charge in [-0.1, -0.05) is 28.7 Å². The van der Waals surface area contributed by atoms with Crippen molar-refractivity contribution in [3.05, 3.63) is 72.1 Å². The van der Waals surface area contributed by atoms with Crippen LogP contribution in [-0.2, 0) is 6.54 Å². The number of rotatable bonds is 4. The number of aryl methyl sites for hydroxylation is 1. The Labute approximate surface area is 198 Å². The van der Waals surface area contributed by atoms with Crippen LogP contribution >= 0.6 is 22.6 Å². The molecule has 5 rings (SSSR count). The Morgan fingerprint density at radius 1 is 1.12 bits per heavy atom. The number of fused-ring (bicyclic) bond motifs is 3. The van der Waals surface area contributed by atoms with Gasteiger partial charge in [-0.2, -0.15) is 10.4 Å². The van der Waals surface area contributed by atoms with Gasteiger partial charge in [0.1, 0.15) is 5.82 Å². The minimum Gasteiger partial charge on any atom is -0.394 e. The molecule has 1 aliphatic heterocycles. The van der Waals surface area contributed by atoms with Crippen LogP contribution in [0.25, 0.3) is 16.8 Å². The molecule has 8 nitrogen and oxygen atoms in total. The van der Waals surface area contributed by atoms with E-state index in [1.165, 1.54) is 0 Å². The Hall–Kier alpha value is -3.23. The molecular formula is C23H20IN7O. The molecule has 0 spiro atoms. The second-order valence-corrected chi connectivity index (χ2v) is 9.10. The summed E-state index contributed by atoms with van der Waals surface area (Å²) in [7, 11) is 0. The highest BCUT2D eigenvalue weighted by molar-refractivity contribution is 14.1. The van der Waals surface area contributed by atoms with Gasteiger partial charge in [-0.15, -0.1) is 10.2 Å². The van der Waals surface area contributed by atoms with E-state index in [0.29, 0.717) is 18.7 Å². The lowest BCUT2D eigenvalue weighted by molar-refractivity contribution is 0.269. The van der Waals surface area contributed by atoms with Gasteiger partial charge in [0.05, 0.1) is 46.3 Å². The van der Waals surface area contributed by atoms with Crippen LogP contribution < -0.4 is 4.90 Å². The van der Waals surface area contributed by atoms with E-state index in [1.54, 1.807) is 4.68 Å². The van der Waals surface area contributed by atoms with Crippen molar-refractivity contribution >= 4 is 34.0 Å². The zero-order chi connectivity index (χ0) is 22.2. The number of halogens is 1. The number of anilines is 2. The van der Waals surface area contributed by atoms with E-state index in [4.69, 9.17) is 0 Å². The summed E-state index contributed by atoms with van der Waals surface area (Å²) in [6.07, 6.45) is 3.76. The summed E-state index contributed by atoms with van der Waals surface area (Å²) in [5.74, 6) is 1.76. The second kappa shape index (κ2) is 8.37. The highest BCUT2D eigenvalue weighted by atomic mass is 127. The van der Waals surface area contributed by atoms with Gasteiger partial charge in [0.15, 0.2) is 5.82 Å². The first kappa shape index (κ1) is 20.7. The third kappa shape index (κ3) is 3.55. The van der Waals surface area contributed by atoms with Crippen molar-refractivity contribution in [1.82, 2.24) is 24.5 Å². The van der Waals surface area contributed by atoms with E-state index in [0.717, 1.165) is 39.8 Å².